The van der Waals surface area contributed by atoms with Crippen LogP contribution < -0.4 is 0 Å². The Labute approximate surface area is 76.0 Å². The van der Waals surface area contributed by atoms with Crippen LogP contribution >= 0.6 is 0 Å². The zero-order valence-electron chi connectivity index (χ0n) is 8.83. The first-order valence-electron chi connectivity index (χ1n) is 4.51. The minimum absolute atomic E-state index is 0.569. The molecule has 0 aliphatic heterocycles. The van der Waals surface area contributed by atoms with Crippen molar-refractivity contribution in [2.24, 2.45) is 4.99 Å². The van der Waals surface area contributed by atoms with E-state index in [1.54, 1.807) is 0 Å². The second kappa shape index (κ2) is 5.81. The number of rotatable bonds is 3. The maximum absolute atomic E-state index is 4.27. The Morgan fingerprint density at radius 2 is 2.17 bits per heavy atom. The van der Waals surface area contributed by atoms with Gasteiger partial charge in [-0.1, -0.05) is 13.0 Å². The fraction of sp³-hybridized carbons (Fsp3) is 0.700. The van der Waals surface area contributed by atoms with Crippen LogP contribution in [-0.2, 0) is 0 Å². The zero-order chi connectivity index (χ0) is 9.56. The smallest absolute Gasteiger partial charge is 0.101 e. The molecule has 70 valence electrons. The van der Waals surface area contributed by atoms with Gasteiger partial charge < -0.3 is 4.90 Å². The molecule has 0 heterocycles. The maximum atomic E-state index is 4.27. The standard InChI is InChI=1S/C10H20N2/c1-6-8-11-10(4)12(5)9(3)7-2/h6,8-9H,7H2,1-5H3/b8-6?,11-10-. The molecule has 1 atom stereocenters. The molecule has 0 radical (unpaired) electrons. The predicted molar refractivity (Wildman–Crippen MR) is 55.4 cm³/mol. The molecule has 2 heteroatoms. The average molecular weight is 168 g/mol. The molecule has 0 spiro atoms. The third-order valence-electron chi connectivity index (χ3n) is 2.17. The number of hydrogen-bond donors (Lipinski definition) is 0. The molecule has 0 aromatic heterocycles. The summed E-state index contributed by atoms with van der Waals surface area (Å²) in [5.74, 6) is 1.07. The van der Waals surface area contributed by atoms with E-state index in [9.17, 15) is 0 Å². The van der Waals surface area contributed by atoms with Gasteiger partial charge in [-0.2, -0.15) is 0 Å². The lowest BCUT2D eigenvalue weighted by Gasteiger charge is -2.24. The van der Waals surface area contributed by atoms with Gasteiger partial charge in [-0.15, -0.1) is 0 Å². The van der Waals surface area contributed by atoms with Crippen LogP contribution in [0.1, 0.15) is 34.1 Å². The summed E-state index contributed by atoms with van der Waals surface area (Å²) < 4.78 is 0. The summed E-state index contributed by atoms with van der Waals surface area (Å²) in [6, 6.07) is 0.569. The van der Waals surface area contributed by atoms with E-state index in [1.807, 2.05) is 26.1 Å². The second-order valence-electron chi connectivity index (χ2n) is 3.03. The maximum Gasteiger partial charge on any atom is 0.101 e. The van der Waals surface area contributed by atoms with Crippen LogP contribution in [0.15, 0.2) is 17.3 Å². The van der Waals surface area contributed by atoms with Gasteiger partial charge in [0.25, 0.3) is 0 Å². The topological polar surface area (TPSA) is 15.6 Å². The summed E-state index contributed by atoms with van der Waals surface area (Å²) in [5.41, 5.74) is 0. The van der Waals surface area contributed by atoms with Crippen molar-refractivity contribution < 1.29 is 0 Å². The van der Waals surface area contributed by atoms with Crippen molar-refractivity contribution in [2.45, 2.75) is 40.2 Å². The highest BCUT2D eigenvalue weighted by molar-refractivity contribution is 5.80. The number of nitrogens with zero attached hydrogens (tertiary/aromatic N) is 2. The van der Waals surface area contributed by atoms with Crippen LogP contribution in [-0.4, -0.2) is 23.8 Å². The molecular formula is C10H20N2. The number of allylic oxidation sites excluding steroid dienone is 1. The quantitative estimate of drug-likeness (QED) is 0.467. The molecule has 0 N–H and O–H groups in total. The first-order chi connectivity index (χ1) is 5.63. The van der Waals surface area contributed by atoms with Crippen LogP contribution in [0.3, 0.4) is 0 Å². The number of amidine groups is 1. The monoisotopic (exact) mass is 168 g/mol. The Morgan fingerprint density at radius 3 is 2.58 bits per heavy atom. The third kappa shape index (κ3) is 3.56. The lowest BCUT2D eigenvalue weighted by molar-refractivity contribution is 0.379. The van der Waals surface area contributed by atoms with Crippen molar-refractivity contribution in [2.75, 3.05) is 7.05 Å². The van der Waals surface area contributed by atoms with Crippen molar-refractivity contribution >= 4 is 5.84 Å². The Morgan fingerprint density at radius 1 is 1.58 bits per heavy atom. The van der Waals surface area contributed by atoms with Crippen molar-refractivity contribution in [3.8, 4) is 0 Å². The molecule has 1 unspecified atom stereocenters. The third-order valence-corrected chi connectivity index (χ3v) is 2.17. The van der Waals surface area contributed by atoms with E-state index in [-0.39, 0.29) is 0 Å². The van der Waals surface area contributed by atoms with Gasteiger partial charge in [0.05, 0.1) is 0 Å². The van der Waals surface area contributed by atoms with Gasteiger partial charge in [0.1, 0.15) is 5.84 Å². The lowest BCUT2D eigenvalue weighted by Crippen LogP contribution is -2.32. The number of aliphatic imine (C=N–C) groups is 1. The molecule has 0 fully saturated rings. The summed E-state index contributed by atoms with van der Waals surface area (Å²) in [4.78, 5) is 6.47. The minimum atomic E-state index is 0.569. The van der Waals surface area contributed by atoms with E-state index in [1.165, 1.54) is 0 Å². The van der Waals surface area contributed by atoms with E-state index in [0.717, 1.165) is 12.3 Å². The van der Waals surface area contributed by atoms with Crippen LogP contribution in [0.25, 0.3) is 0 Å². The first kappa shape index (κ1) is 11.2. The molecule has 2 nitrogen and oxygen atoms in total. The van der Waals surface area contributed by atoms with Gasteiger partial charge in [0.2, 0.25) is 0 Å². The largest absolute Gasteiger partial charge is 0.361 e. The molecular weight excluding hydrogens is 148 g/mol. The van der Waals surface area contributed by atoms with Gasteiger partial charge in [0, 0.05) is 19.3 Å². The second-order valence-corrected chi connectivity index (χ2v) is 3.03. The van der Waals surface area contributed by atoms with E-state index in [2.05, 4.69) is 30.8 Å². The van der Waals surface area contributed by atoms with Gasteiger partial charge in [-0.25, -0.2) is 4.99 Å². The predicted octanol–water partition coefficient (Wildman–Crippen LogP) is 2.67. The van der Waals surface area contributed by atoms with Crippen molar-refractivity contribution in [1.82, 2.24) is 4.90 Å². The minimum Gasteiger partial charge on any atom is -0.361 e. The van der Waals surface area contributed by atoms with E-state index >= 15 is 0 Å². The molecule has 0 saturated carbocycles. The average Bonchev–Trinajstić information content (AvgIpc) is 2.11. The molecule has 0 aliphatic rings. The molecule has 0 aromatic rings. The highest BCUT2D eigenvalue weighted by atomic mass is 15.2. The normalized spacial score (nSPS) is 15.2. The molecule has 0 amide bonds. The summed E-state index contributed by atoms with van der Waals surface area (Å²) >= 11 is 0. The fourth-order valence-corrected chi connectivity index (χ4v) is 0.866. The van der Waals surface area contributed by atoms with Crippen molar-refractivity contribution in [3.63, 3.8) is 0 Å². The van der Waals surface area contributed by atoms with E-state index in [0.29, 0.717) is 6.04 Å². The van der Waals surface area contributed by atoms with Gasteiger partial charge in [0.15, 0.2) is 0 Å². The Kier molecular flexibility index (Phi) is 5.43. The Balaban J connectivity index is 4.17. The van der Waals surface area contributed by atoms with Crippen molar-refractivity contribution in [3.05, 3.63) is 12.3 Å². The van der Waals surface area contributed by atoms with E-state index in [4.69, 9.17) is 0 Å². The van der Waals surface area contributed by atoms with Crippen molar-refractivity contribution in [1.29, 1.82) is 0 Å². The fourth-order valence-electron chi connectivity index (χ4n) is 0.866. The highest BCUT2D eigenvalue weighted by Gasteiger charge is 2.06. The molecule has 0 aliphatic carbocycles. The number of hydrogen-bond acceptors (Lipinski definition) is 1. The Bertz CT molecular complexity index is 171. The van der Waals surface area contributed by atoms with Crippen LogP contribution in [0.4, 0.5) is 0 Å². The SMILES string of the molecule is CC=C/N=C(/C)N(C)C(C)CC. The molecule has 0 aromatic carbocycles. The van der Waals surface area contributed by atoms with Crippen LogP contribution in [0.5, 0.6) is 0 Å². The van der Waals surface area contributed by atoms with Gasteiger partial charge >= 0.3 is 0 Å². The van der Waals surface area contributed by atoms with Gasteiger partial charge in [-0.3, -0.25) is 0 Å². The summed E-state index contributed by atoms with van der Waals surface area (Å²) in [6.45, 7) is 8.39. The molecule has 0 rings (SSSR count). The molecule has 12 heavy (non-hydrogen) atoms. The highest BCUT2D eigenvalue weighted by Crippen LogP contribution is 2.01. The lowest BCUT2D eigenvalue weighted by atomic mass is 10.2. The zero-order valence-corrected chi connectivity index (χ0v) is 8.83. The summed E-state index contributed by atoms with van der Waals surface area (Å²) in [6.07, 6.45) is 4.92. The molecule has 0 saturated heterocycles. The van der Waals surface area contributed by atoms with E-state index < -0.39 is 0 Å². The summed E-state index contributed by atoms with van der Waals surface area (Å²) in [7, 11) is 2.08. The Hall–Kier alpha value is -0.790. The molecule has 0 bridgehead atoms. The van der Waals surface area contributed by atoms with Crippen LogP contribution in [0, 0.1) is 0 Å². The first-order valence-corrected chi connectivity index (χ1v) is 4.51. The summed E-state index contributed by atoms with van der Waals surface area (Å²) in [5, 5.41) is 0. The van der Waals surface area contributed by atoms with Gasteiger partial charge in [-0.05, 0) is 27.2 Å². The van der Waals surface area contributed by atoms with Crippen LogP contribution in [0.2, 0.25) is 0 Å².